The Hall–Kier alpha value is -0.850. The molecule has 0 saturated heterocycles. The summed E-state index contributed by atoms with van der Waals surface area (Å²) in [6.07, 6.45) is -5.94. The van der Waals surface area contributed by atoms with E-state index in [0.29, 0.717) is 6.07 Å². The molecule has 0 unspecified atom stereocenters. The summed E-state index contributed by atoms with van der Waals surface area (Å²) in [4.78, 5) is 0. The second-order valence-corrected chi connectivity index (χ2v) is 4.23. The highest BCUT2D eigenvalue weighted by Gasteiger charge is 2.38. The Morgan fingerprint density at radius 2 is 1.94 bits per heavy atom. The lowest BCUT2D eigenvalue weighted by Crippen LogP contribution is -2.29. The number of halogens is 5. The molecule has 0 aliphatic rings. The van der Waals surface area contributed by atoms with Gasteiger partial charge in [0, 0.05) is 5.56 Å². The molecule has 0 saturated carbocycles. The third-order valence-electron chi connectivity index (χ3n) is 2.60. The van der Waals surface area contributed by atoms with Crippen molar-refractivity contribution >= 4 is 11.6 Å². The van der Waals surface area contributed by atoms with Crippen molar-refractivity contribution in [2.45, 2.75) is 31.7 Å². The van der Waals surface area contributed by atoms with E-state index < -0.39 is 40.3 Å². The predicted octanol–water partition coefficient (Wildman–Crippen LogP) is 3.27. The van der Waals surface area contributed by atoms with E-state index in [1.54, 1.807) is 0 Å². The van der Waals surface area contributed by atoms with E-state index >= 15 is 0 Å². The third-order valence-corrected chi connectivity index (χ3v) is 2.90. The van der Waals surface area contributed by atoms with Crippen LogP contribution in [0.5, 0.6) is 0 Å². The molecule has 0 aliphatic carbocycles. The van der Waals surface area contributed by atoms with Gasteiger partial charge in [0.25, 0.3) is 0 Å². The Kier molecular flexibility index (Phi) is 4.58. The van der Waals surface area contributed by atoms with Crippen LogP contribution in [-0.4, -0.2) is 11.2 Å². The monoisotopic (exact) mass is 285 g/mol. The summed E-state index contributed by atoms with van der Waals surface area (Å²) in [5.41, 5.74) is 3.45. The second-order valence-electron chi connectivity index (χ2n) is 3.82. The highest BCUT2D eigenvalue weighted by molar-refractivity contribution is 6.30. The molecule has 2 atom stereocenters. The van der Waals surface area contributed by atoms with Crippen LogP contribution >= 0.6 is 11.6 Å². The first-order valence-corrected chi connectivity index (χ1v) is 5.56. The Balaban J connectivity index is 3.43. The minimum atomic E-state index is -4.76. The van der Waals surface area contributed by atoms with Crippen molar-refractivity contribution in [3.05, 3.63) is 34.1 Å². The summed E-state index contributed by atoms with van der Waals surface area (Å²) < 4.78 is 51.9. The zero-order valence-electron chi connectivity index (χ0n) is 9.43. The summed E-state index contributed by atoms with van der Waals surface area (Å²) in [6.45, 7) is 1.53. The molecule has 0 aromatic heterocycles. The van der Waals surface area contributed by atoms with Gasteiger partial charge in [-0.15, -0.1) is 0 Å². The van der Waals surface area contributed by atoms with Crippen LogP contribution in [0.1, 0.15) is 30.5 Å². The first-order valence-electron chi connectivity index (χ1n) is 5.18. The van der Waals surface area contributed by atoms with E-state index in [1.165, 1.54) is 6.92 Å². The minimum Gasteiger partial charge on any atom is -0.391 e. The van der Waals surface area contributed by atoms with Crippen molar-refractivity contribution in [1.29, 1.82) is 0 Å². The minimum absolute atomic E-state index is 0.102. The molecule has 2 nitrogen and oxygen atoms in total. The molecular formula is C11H12ClF4NO. The normalized spacial score (nSPS) is 15.6. The number of benzene rings is 1. The quantitative estimate of drug-likeness (QED) is 0.837. The van der Waals surface area contributed by atoms with Crippen molar-refractivity contribution in [2.75, 3.05) is 0 Å². The molecule has 0 spiro atoms. The smallest absolute Gasteiger partial charge is 0.391 e. The summed E-state index contributed by atoms with van der Waals surface area (Å²) >= 11 is 5.45. The molecule has 0 amide bonds. The maximum Gasteiger partial charge on any atom is 0.416 e. The maximum atomic E-state index is 13.7. The van der Waals surface area contributed by atoms with Gasteiger partial charge in [0.15, 0.2) is 0 Å². The summed E-state index contributed by atoms with van der Waals surface area (Å²) in [7, 11) is 0. The molecule has 1 aromatic carbocycles. The topological polar surface area (TPSA) is 46.2 Å². The molecule has 0 aliphatic heterocycles. The number of hydrogen-bond acceptors (Lipinski definition) is 2. The summed E-state index contributed by atoms with van der Waals surface area (Å²) in [5, 5.41) is 9.02. The lowest BCUT2D eigenvalue weighted by Gasteiger charge is -2.23. The molecule has 3 N–H and O–H groups in total. The van der Waals surface area contributed by atoms with Crippen LogP contribution in [0.2, 0.25) is 5.02 Å². The number of aliphatic hydroxyl groups excluding tert-OH is 1. The molecule has 0 radical (unpaired) electrons. The van der Waals surface area contributed by atoms with Gasteiger partial charge in [-0.05, 0) is 18.6 Å². The lowest BCUT2D eigenvalue weighted by atomic mass is 9.94. The van der Waals surface area contributed by atoms with Crippen molar-refractivity contribution in [1.82, 2.24) is 0 Å². The number of alkyl halides is 3. The first kappa shape index (κ1) is 15.2. The number of rotatable bonds is 3. The maximum absolute atomic E-state index is 13.7. The zero-order valence-corrected chi connectivity index (χ0v) is 10.2. The third kappa shape index (κ3) is 2.93. The van der Waals surface area contributed by atoms with Crippen LogP contribution in [0.25, 0.3) is 0 Å². The fourth-order valence-corrected chi connectivity index (χ4v) is 1.75. The van der Waals surface area contributed by atoms with Crippen LogP contribution in [0.4, 0.5) is 17.6 Å². The standard InChI is InChI=1S/C11H12ClF4NO/c1-2-7(18)10(17)8-5(11(14,15)16)3-4-6(12)9(8)13/h3-4,7,10,18H,2,17H2,1H3/t7-,10-/m0/s1. The Labute approximate surface area is 106 Å². The van der Waals surface area contributed by atoms with E-state index in [1.807, 2.05) is 0 Å². The molecule has 0 bridgehead atoms. The van der Waals surface area contributed by atoms with Crippen LogP contribution in [0.3, 0.4) is 0 Å². The highest BCUT2D eigenvalue weighted by atomic mass is 35.5. The number of nitrogens with two attached hydrogens (primary N) is 1. The molecule has 1 rings (SSSR count). The molecule has 0 heterocycles. The van der Waals surface area contributed by atoms with Gasteiger partial charge >= 0.3 is 6.18 Å². The average molecular weight is 286 g/mol. The Morgan fingerprint density at radius 3 is 2.39 bits per heavy atom. The summed E-state index contributed by atoms with van der Waals surface area (Å²) in [6, 6.07) is -0.0117. The van der Waals surface area contributed by atoms with Crippen molar-refractivity contribution in [2.24, 2.45) is 5.73 Å². The molecule has 18 heavy (non-hydrogen) atoms. The van der Waals surface area contributed by atoms with Gasteiger partial charge in [-0.1, -0.05) is 18.5 Å². The Bertz CT molecular complexity index is 436. The van der Waals surface area contributed by atoms with Gasteiger partial charge in [0.05, 0.1) is 22.7 Å². The first-order chi connectivity index (χ1) is 8.20. The van der Waals surface area contributed by atoms with E-state index in [0.717, 1.165) is 6.07 Å². The van der Waals surface area contributed by atoms with Crippen LogP contribution in [-0.2, 0) is 6.18 Å². The lowest BCUT2D eigenvalue weighted by molar-refractivity contribution is -0.138. The largest absolute Gasteiger partial charge is 0.416 e. The average Bonchev–Trinajstić information content (AvgIpc) is 2.29. The van der Waals surface area contributed by atoms with Crippen molar-refractivity contribution in [3.8, 4) is 0 Å². The van der Waals surface area contributed by atoms with Gasteiger partial charge in [-0.3, -0.25) is 0 Å². The van der Waals surface area contributed by atoms with E-state index in [9.17, 15) is 22.7 Å². The van der Waals surface area contributed by atoms with Crippen LogP contribution < -0.4 is 5.73 Å². The van der Waals surface area contributed by atoms with E-state index in [4.69, 9.17) is 17.3 Å². The molecule has 7 heteroatoms. The van der Waals surface area contributed by atoms with Crippen LogP contribution in [0, 0.1) is 5.82 Å². The van der Waals surface area contributed by atoms with Crippen molar-refractivity contribution in [3.63, 3.8) is 0 Å². The zero-order chi connectivity index (χ0) is 14.1. The number of aliphatic hydroxyl groups is 1. The van der Waals surface area contributed by atoms with Crippen molar-refractivity contribution < 1.29 is 22.7 Å². The van der Waals surface area contributed by atoms with E-state index in [2.05, 4.69) is 0 Å². The Morgan fingerprint density at radius 1 is 1.39 bits per heavy atom. The predicted molar refractivity (Wildman–Crippen MR) is 59.6 cm³/mol. The van der Waals surface area contributed by atoms with E-state index in [-0.39, 0.29) is 6.42 Å². The SMILES string of the molecule is CC[C@H](O)[C@H](N)c1c(C(F)(F)F)ccc(Cl)c1F. The van der Waals surface area contributed by atoms with Crippen LogP contribution in [0.15, 0.2) is 12.1 Å². The fraction of sp³-hybridized carbons (Fsp3) is 0.455. The van der Waals surface area contributed by atoms with Gasteiger partial charge in [0.1, 0.15) is 5.82 Å². The fourth-order valence-electron chi connectivity index (χ4n) is 1.59. The molecule has 0 fully saturated rings. The second kappa shape index (κ2) is 5.42. The molecule has 102 valence electrons. The number of hydrogen-bond donors (Lipinski definition) is 2. The highest BCUT2D eigenvalue weighted by Crippen LogP contribution is 2.38. The van der Waals surface area contributed by atoms with Gasteiger partial charge in [0.2, 0.25) is 0 Å². The molecule has 1 aromatic rings. The van der Waals surface area contributed by atoms with Gasteiger partial charge in [-0.25, -0.2) is 4.39 Å². The summed E-state index contributed by atoms with van der Waals surface area (Å²) in [5.74, 6) is -1.24. The van der Waals surface area contributed by atoms with Gasteiger partial charge in [-0.2, -0.15) is 13.2 Å². The van der Waals surface area contributed by atoms with Gasteiger partial charge < -0.3 is 10.8 Å². The molecular weight excluding hydrogens is 274 g/mol.